The number of pyridine rings is 1. The van der Waals surface area contributed by atoms with Gasteiger partial charge in [0.25, 0.3) is 23.6 Å². The van der Waals surface area contributed by atoms with Gasteiger partial charge < -0.3 is 61.6 Å². The number of aromatic amines is 1. The van der Waals surface area contributed by atoms with Crippen LogP contribution in [0.4, 0.5) is 22.7 Å². The number of amides is 5. The number of ether oxygens (including phenoxy) is 2. The molecule has 0 saturated carbocycles. The highest BCUT2D eigenvalue weighted by atomic mass is 16.5. The van der Waals surface area contributed by atoms with Crippen LogP contribution in [-0.4, -0.2) is 102 Å². The van der Waals surface area contributed by atoms with Crippen LogP contribution in [0, 0.1) is 0 Å². The van der Waals surface area contributed by atoms with Gasteiger partial charge in [-0.25, -0.2) is 9.78 Å². The van der Waals surface area contributed by atoms with Crippen molar-refractivity contribution in [2.24, 2.45) is 0 Å². The van der Waals surface area contributed by atoms with Gasteiger partial charge in [0.05, 0.1) is 60.5 Å². The molecule has 22 nitrogen and oxygen atoms in total. The number of rotatable bonds is 16. The van der Waals surface area contributed by atoms with E-state index in [4.69, 9.17) is 9.47 Å². The molecule has 0 aliphatic rings. The Morgan fingerprint density at radius 1 is 0.697 bits per heavy atom. The summed E-state index contributed by atoms with van der Waals surface area (Å²) in [6.07, 6.45) is 4.11. The predicted molar refractivity (Wildman–Crippen MR) is 235 cm³/mol. The minimum Gasteiger partial charge on any atom is -0.508 e. The molecule has 0 fully saturated rings. The molecule has 0 spiro atoms. The number of carboxylic acid groups (broad SMARTS) is 1. The zero-order chi connectivity index (χ0) is 47.7. The van der Waals surface area contributed by atoms with E-state index in [0.717, 1.165) is 32.4 Å². The van der Waals surface area contributed by atoms with Crippen molar-refractivity contribution >= 4 is 64.3 Å². The Bertz CT molecular complexity index is 2870. The van der Waals surface area contributed by atoms with E-state index in [-0.39, 0.29) is 63.2 Å². The van der Waals surface area contributed by atoms with E-state index in [0.29, 0.717) is 16.8 Å². The second kappa shape index (κ2) is 20.1. The first-order valence-electron chi connectivity index (χ1n) is 19.3. The highest BCUT2D eigenvalue weighted by Crippen LogP contribution is 2.41. The molecule has 5 amide bonds. The van der Waals surface area contributed by atoms with Gasteiger partial charge >= 0.3 is 5.97 Å². The molecule has 11 N–H and O–H groups in total. The maximum atomic E-state index is 13.6. The monoisotopic (exact) mass is 901 g/mol. The number of hydrogen-bond acceptors (Lipinski definition) is 15. The number of phenols is 4. The van der Waals surface area contributed by atoms with E-state index in [2.05, 4.69) is 47.0 Å². The summed E-state index contributed by atoms with van der Waals surface area (Å²) < 4.78 is 10.3. The van der Waals surface area contributed by atoms with E-state index in [9.17, 15) is 54.3 Å². The summed E-state index contributed by atoms with van der Waals surface area (Å²) in [5.41, 5.74) is 0.231. The molecule has 66 heavy (non-hydrogen) atoms. The fourth-order valence-corrected chi connectivity index (χ4v) is 6.21. The number of carbonyl (C=O) groups excluding carboxylic acids is 5. The van der Waals surface area contributed by atoms with Crippen molar-refractivity contribution in [1.29, 1.82) is 0 Å². The smallest absolute Gasteiger partial charge is 0.339 e. The van der Waals surface area contributed by atoms with Gasteiger partial charge in [-0.2, -0.15) is 15.4 Å². The fourth-order valence-electron chi connectivity index (χ4n) is 6.21. The number of anilines is 4. The minimum absolute atomic E-state index is 0.0227. The molecule has 1 atom stereocenters. The maximum Gasteiger partial charge on any atom is 0.339 e. The molecule has 0 radical (unpaired) electrons. The molecule has 6 rings (SSSR count). The number of H-pyrrole nitrogens is 1. The first-order valence-corrected chi connectivity index (χ1v) is 19.3. The average molecular weight is 902 g/mol. The maximum absolute atomic E-state index is 13.6. The van der Waals surface area contributed by atoms with E-state index < -0.39 is 64.4 Å². The summed E-state index contributed by atoms with van der Waals surface area (Å²) in [7, 11) is 2.30. The number of carbonyl (C=O) groups is 6. The van der Waals surface area contributed by atoms with Gasteiger partial charge in [-0.1, -0.05) is 12.1 Å². The lowest BCUT2D eigenvalue weighted by atomic mass is 10.1. The number of aromatic carboxylic acids is 1. The number of aromatic nitrogens is 4. The number of methoxy groups -OCH3 is 2. The third-order valence-electron chi connectivity index (χ3n) is 9.54. The molecule has 4 aromatic carbocycles. The van der Waals surface area contributed by atoms with Crippen LogP contribution in [0.3, 0.4) is 0 Å². The molecule has 2 heterocycles. The van der Waals surface area contributed by atoms with Gasteiger partial charge in [-0.05, 0) is 79.2 Å². The lowest BCUT2D eigenvalue weighted by Crippen LogP contribution is -2.45. The minimum atomic E-state index is -1.44. The van der Waals surface area contributed by atoms with Crippen molar-refractivity contribution in [3.63, 3.8) is 0 Å². The first kappa shape index (κ1) is 46.0. The summed E-state index contributed by atoms with van der Waals surface area (Å²) in [4.78, 5) is 81.7. The lowest BCUT2D eigenvalue weighted by molar-refractivity contribution is -0.118. The Labute approximate surface area is 372 Å². The molecule has 22 heteroatoms. The summed E-state index contributed by atoms with van der Waals surface area (Å²) in [5, 5.41) is 73.8. The Morgan fingerprint density at radius 3 is 1.88 bits per heavy atom. The molecule has 6 aromatic rings. The number of benzene rings is 4. The van der Waals surface area contributed by atoms with Crippen LogP contribution in [0.1, 0.15) is 59.7 Å². The highest BCUT2D eigenvalue weighted by molar-refractivity contribution is 6.11. The van der Waals surface area contributed by atoms with Gasteiger partial charge in [-0.15, -0.1) is 0 Å². The van der Waals surface area contributed by atoms with Crippen molar-refractivity contribution in [2.45, 2.75) is 19.4 Å². The van der Waals surface area contributed by atoms with E-state index in [1.54, 1.807) is 25.1 Å². The van der Waals surface area contributed by atoms with Crippen LogP contribution >= 0.6 is 0 Å². The fraction of sp³-hybridized carbons (Fsp3) is 0.114. The SMILES string of the molecule is COc1c(NC(=O)c2ccc(NC(=O)c3ccc(NC(=O)[C@H](Cc4cn[nH]n4)NC(=O)c4ccc(NC(=O)/C(C)=C/c5ccc(O)cc5)cn4)cc3O)c(OC)c2O)ccc(C(=O)O)c1O. The number of carboxylic acids is 1. The van der Waals surface area contributed by atoms with Gasteiger partial charge in [0, 0.05) is 23.7 Å². The summed E-state index contributed by atoms with van der Waals surface area (Å²) in [6.45, 7) is 1.60. The third kappa shape index (κ3) is 10.8. The second-order valence-electron chi connectivity index (χ2n) is 14.0. The second-order valence-corrected chi connectivity index (χ2v) is 14.0. The van der Waals surface area contributed by atoms with Crippen molar-refractivity contribution in [1.82, 2.24) is 25.7 Å². The molecule has 0 aliphatic carbocycles. The van der Waals surface area contributed by atoms with E-state index >= 15 is 0 Å². The van der Waals surface area contributed by atoms with Crippen LogP contribution in [0.5, 0.6) is 34.5 Å². The largest absolute Gasteiger partial charge is 0.508 e. The zero-order valence-corrected chi connectivity index (χ0v) is 34.9. The summed E-state index contributed by atoms with van der Waals surface area (Å²) in [6, 6.07) is 16.0. The van der Waals surface area contributed by atoms with Gasteiger partial charge in [0.1, 0.15) is 28.8 Å². The molecule has 0 aliphatic heterocycles. The Balaban J connectivity index is 1.10. The Morgan fingerprint density at radius 2 is 1.30 bits per heavy atom. The Kier molecular flexibility index (Phi) is 14.1. The number of nitrogens with one attached hydrogen (secondary N) is 6. The van der Waals surface area contributed by atoms with Gasteiger partial charge in [0.2, 0.25) is 5.91 Å². The highest BCUT2D eigenvalue weighted by Gasteiger charge is 2.27. The van der Waals surface area contributed by atoms with E-state index in [1.165, 1.54) is 60.9 Å². The van der Waals surface area contributed by atoms with Gasteiger partial charge in [-0.3, -0.25) is 24.0 Å². The number of aromatic hydroxyl groups is 4. The van der Waals surface area contributed by atoms with Gasteiger partial charge in [0.15, 0.2) is 23.0 Å². The molecular weight excluding hydrogens is 863 g/mol. The third-order valence-corrected chi connectivity index (χ3v) is 9.54. The van der Waals surface area contributed by atoms with Crippen LogP contribution in [0.2, 0.25) is 0 Å². The van der Waals surface area contributed by atoms with Crippen LogP contribution in [0.15, 0.2) is 96.8 Å². The zero-order valence-electron chi connectivity index (χ0n) is 34.9. The Hall–Kier alpha value is -9.47. The number of hydrogen-bond donors (Lipinski definition) is 11. The lowest BCUT2D eigenvalue weighted by Gasteiger charge is -2.18. The molecule has 2 aromatic heterocycles. The van der Waals surface area contributed by atoms with Crippen molar-refractivity contribution < 1.29 is 63.8 Å². The average Bonchev–Trinajstić information content (AvgIpc) is 3.80. The molecule has 0 saturated heterocycles. The molecule has 0 bridgehead atoms. The van der Waals surface area contributed by atoms with E-state index in [1.807, 2.05) is 0 Å². The summed E-state index contributed by atoms with van der Waals surface area (Å²) in [5.74, 6) is -7.85. The number of nitrogens with zero attached hydrogens (tertiary/aromatic N) is 3. The van der Waals surface area contributed by atoms with Crippen LogP contribution in [-0.2, 0) is 16.0 Å². The topological polar surface area (TPSA) is 337 Å². The normalized spacial score (nSPS) is 11.4. The van der Waals surface area contributed by atoms with Crippen molar-refractivity contribution in [2.75, 3.05) is 35.5 Å². The predicted octanol–water partition coefficient (Wildman–Crippen LogP) is 4.26. The van der Waals surface area contributed by atoms with Crippen molar-refractivity contribution in [3.8, 4) is 34.5 Å². The molecular formula is C44H39N9O13. The summed E-state index contributed by atoms with van der Waals surface area (Å²) >= 11 is 0. The standard InChI is InChI=1S/C44H39N9O13/c1-21(16-22-4-8-26(54)9-5-22)39(58)48-24-7-13-32(45-19-24)42(61)51-33(17-25-20-46-53-52-25)43(62)47-23-6-10-27(34(55)18-23)40(59)49-30-14-11-28(35(56)37(30)65-2)41(60)50-31-15-12-29(44(63)64)36(57)38(31)66-3/h4-16,18-20,33,54-57H,17H2,1-3H3,(H,47,62)(H,48,58)(H,49,59)(H,50,60)(H,51,61)(H,63,64)(H,46,52,53)/b21-16+/t33-/m0/s1. The van der Waals surface area contributed by atoms with Crippen LogP contribution in [0.25, 0.3) is 6.08 Å². The quantitative estimate of drug-likeness (QED) is 0.0604. The molecule has 338 valence electrons. The number of phenolic OH excluding ortho intramolecular Hbond substituents is 3. The molecule has 0 unspecified atom stereocenters. The van der Waals surface area contributed by atoms with Crippen LogP contribution < -0.4 is 36.1 Å². The van der Waals surface area contributed by atoms with Crippen molar-refractivity contribution in [3.05, 3.63) is 130 Å². The first-order chi connectivity index (χ1) is 31.6.